The molecular weight excluding hydrogens is 238 g/mol. The lowest BCUT2D eigenvalue weighted by Crippen LogP contribution is -2.29. The van der Waals surface area contributed by atoms with Crippen molar-refractivity contribution in [2.75, 3.05) is 19.6 Å². The van der Waals surface area contributed by atoms with Gasteiger partial charge in [-0.05, 0) is 25.1 Å². The van der Waals surface area contributed by atoms with Crippen LogP contribution in [0.1, 0.15) is 6.42 Å². The molecule has 1 aromatic heterocycles. The minimum absolute atomic E-state index is 0.203. The molecule has 0 bridgehead atoms. The van der Waals surface area contributed by atoms with Crippen molar-refractivity contribution in [1.29, 1.82) is 0 Å². The number of hydrogen-bond acceptors (Lipinski definition) is 4. The van der Waals surface area contributed by atoms with Crippen LogP contribution in [-0.4, -0.2) is 33.0 Å². The molecule has 2 heterocycles. The van der Waals surface area contributed by atoms with Crippen molar-refractivity contribution in [2.45, 2.75) is 11.3 Å². The first-order valence-electron chi connectivity index (χ1n) is 5.47. The van der Waals surface area contributed by atoms with Crippen molar-refractivity contribution in [3.8, 4) is 0 Å². The molecule has 1 aliphatic rings. The molecule has 2 N–H and O–H groups in total. The van der Waals surface area contributed by atoms with Gasteiger partial charge in [0.2, 0.25) is 10.0 Å². The van der Waals surface area contributed by atoms with Gasteiger partial charge in [0.1, 0.15) is 4.90 Å². The Kier molecular flexibility index (Phi) is 3.88. The third-order valence-electron chi connectivity index (χ3n) is 2.59. The molecule has 92 valence electrons. The first-order valence-corrected chi connectivity index (χ1v) is 6.95. The molecule has 2 rings (SSSR count). The second kappa shape index (κ2) is 5.39. The average Bonchev–Trinajstić information content (AvgIpc) is 2.39. The lowest BCUT2D eigenvalue weighted by Gasteiger charge is -2.14. The Labute approximate surface area is 101 Å². The highest BCUT2D eigenvalue weighted by Crippen LogP contribution is 2.08. The third-order valence-corrected chi connectivity index (χ3v) is 3.98. The van der Waals surface area contributed by atoms with E-state index in [1.165, 1.54) is 12.3 Å². The molecule has 6 heteroatoms. The molecule has 0 radical (unpaired) electrons. The molecule has 0 aliphatic carbocycles. The maximum atomic E-state index is 11.9. The molecule has 0 saturated carbocycles. The van der Waals surface area contributed by atoms with Crippen LogP contribution in [0.3, 0.4) is 0 Å². The predicted molar refractivity (Wildman–Crippen MR) is 65.0 cm³/mol. The predicted octanol–water partition coefficient (Wildman–Crippen LogP) is 0.280. The van der Waals surface area contributed by atoms with Gasteiger partial charge < -0.3 is 5.32 Å². The van der Waals surface area contributed by atoms with Crippen molar-refractivity contribution < 1.29 is 8.42 Å². The fourth-order valence-electron chi connectivity index (χ4n) is 1.61. The van der Waals surface area contributed by atoms with E-state index in [0.717, 1.165) is 25.1 Å². The summed E-state index contributed by atoms with van der Waals surface area (Å²) in [6.45, 7) is 2.09. The van der Waals surface area contributed by atoms with Crippen molar-refractivity contribution in [3.05, 3.63) is 36.2 Å². The van der Waals surface area contributed by atoms with E-state index in [2.05, 4.69) is 15.0 Å². The lowest BCUT2D eigenvalue weighted by molar-refractivity contribution is 0.582. The van der Waals surface area contributed by atoms with Crippen LogP contribution in [0.25, 0.3) is 0 Å². The van der Waals surface area contributed by atoms with Crippen LogP contribution < -0.4 is 10.0 Å². The maximum absolute atomic E-state index is 11.9. The molecule has 1 aliphatic heterocycles. The van der Waals surface area contributed by atoms with Gasteiger partial charge in [-0.15, -0.1) is 0 Å². The minimum atomic E-state index is -3.43. The van der Waals surface area contributed by atoms with Gasteiger partial charge in [0.05, 0.1) is 0 Å². The number of sulfonamides is 1. The molecule has 0 amide bonds. The Morgan fingerprint density at radius 3 is 3.00 bits per heavy atom. The topological polar surface area (TPSA) is 71.1 Å². The molecule has 0 atom stereocenters. The van der Waals surface area contributed by atoms with Gasteiger partial charge >= 0.3 is 0 Å². The zero-order valence-electron chi connectivity index (χ0n) is 9.39. The highest BCUT2D eigenvalue weighted by atomic mass is 32.2. The zero-order chi connectivity index (χ0) is 12.1. The van der Waals surface area contributed by atoms with Gasteiger partial charge in [-0.1, -0.05) is 11.6 Å². The van der Waals surface area contributed by atoms with Crippen LogP contribution in [-0.2, 0) is 10.0 Å². The summed E-state index contributed by atoms with van der Waals surface area (Å²) in [5.74, 6) is 0. The van der Waals surface area contributed by atoms with Crippen LogP contribution >= 0.6 is 0 Å². The summed E-state index contributed by atoms with van der Waals surface area (Å²) in [7, 11) is -3.43. The Balaban J connectivity index is 2.01. The van der Waals surface area contributed by atoms with Crippen LogP contribution in [0.4, 0.5) is 0 Å². The van der Waals surface area contributed by atoms with E-state index >= 15 is 0 Å². The molecular formula is C11H15N3O2S. The second-order valence-corrected chi connectivity index (χ2v) is 5.60. The van der Waals surface area contributed by atoms with E-state index in [1.807, 2.05) is 6.08 Å². The van der Waals surface area contributed by atoms with Gasteiger partial charge in [-0.2, -0.15) is 0 Å². The summed E-state index contributed by atoms with van der Waals surface area (Å²) in [5, 5.41) is 3.18. The van der Waals surface area contributed by atoms with E-state index in [1.54, 1.807) is 12.3 Å². The average molecular weight is 253 g/mol. The summed E-state index contributed by atoms with van der Waals surface area (Å²) >= 11 is 0. The van der Waals surface area contributed by atoms with E-state index < -0.39 is 10.0 Å². The van der Waals surface area contributed by atoms with E-state index in [-0.39, 0.29) is 4.90 Å². The van der Waals surface area contributed by atoms with Crippen LogP contribution in [0.15, 0.2) is 41.1 Å². The molecule has 0 spiro atoms. The fourth-order valence-corrected chi connectivity index (χ4v) is 2.61. The van der Waals surface area contributed by atoms with Crippen molar-refractivity contribution in [1.82, 2.24) is 15.0 Å². The van der Waals surface area contributed by atoms with Crippen LogP contribution in [0.5, 0.6) is 0 Å². The van der Waals surface area contributed by atoms with Gasteiger partial charge in [0, 0.05) is 25.5 Å². The number of nitrogens with zero attached hydrogens (tertiary/aromatic N) is 1. The van der Waals surface area contributed by atoms with Crippen molar-refractivity contribution in [3.63, 3.8) is 0 Å². The molecule has 0 unspecified atom stereocenters. The highest BCUT2D eigenvalue weighted by molar-refractivity contribution is 7.89. The van der Waals surface area contributed by atoms with Crippen molar-refractivity contribution >= 4 is 10.0 Å². The first-order chi connectivity index (χ1) is 8.18. The molecule has 0 aromatic carbocycles. The number of nitrogens with one attached hydrogen (secondary N) is 2. The summed E-state index contributed by atoms with van der Waals surface area (Å²) in [6, 6.07) is 3.14. The van der Waals surface area contributed by atoms with E-state index in [0.29, 0.717) is 6.54 Å². The number of rotatable bonds is 4. The monoisotopic (exact) mass is 253 g/mol. The summed E-state index contributed by atoms with van der Waals surface area (Å²) < 4.78 is 26.3. The zero-order valence-corrected chi connectivity index (χ0v) is 10.2. The standard InChI is InChI=1S/C11H15N3O2S/c15-17(16,11-2-1-5-13-9-11)14-8-10-3-6-12-7-4-10/h1-3,5,9,12,14H,4,6-8H2. The SMILES string of the molecule is O=S(=O)(NCC1=CCNCC1)c1cccnc1. The van der Waals surface area contributed by atoms with Gasteiger partial charge in [0.15, 0.2) is 0 Å². The molecule has 1 aromatic rings. The molecule has 5 nitrogen and oxygen atoms in total. The summed E-state index contributed by atoms with van der Waals surface area (Å²) in [6.07, 6.45) is 5.80. The number of pyridine rings is 1. The van der Waals surface area contributed by atoms with Crippen LogP contribution in [0.2, 0.25) is 0 Å². The van der Waals surface area contributed by atoms with Gasteiger partial charge in [0.25, 0.3) is 0 Å². The Hall–Kier alpha value is -1.24. The minimum Gasteiger partial charge on any atom is -0.313 e. The summed E-state index contributed by atoms with van der Waals surface area (Å²) in [4.78, 5) is 4.01. The third kappa shape index (κ3) is 3.36. The van der Waals surface area contributed by atoms with Crippen molar-refractivity contribution in [2.24, 2.45) is 0 Å². The highest BCUT2D eigenvalue weighted by Gasteiger charge is 2.14. The quantitative estimate of drug-likeness (QED) is 0.756. The second-order valence-electron chi connectivity index (χ2n) is 3.83. The Morgan fingerprint density at radius 1 is 1.47 bits per heavy atom. The van der Waals surface area contributed by atoms with Crippen LogP contribution in [0, 0.1) is 0 Å². The number of aromatic nitrogens is 1. The fraction of sp³-hybridized carbons (Fsp3) is 0.364. The number of hydrogen-bond donors (Lipinski definition) is 2. The molecule has 17 heavy (non-hydrogen) atoms. The van der Waals surface area contributed by atoms with E-state index in [9.17, 15) is 8.42 Å². The van der Waals surface area contributed by atoms with Gasteiger partial charge in [-0.3, -0.25) is 4.98 Å². The molecule has 0 saturated heterocycles. The largest absolute Gasteiger partial charge is 0.313 e. The molecule has 0 fully saturated rings. The summed E-state index contributed by atoms with van der Waals surface area (Å²) in [5.41, 5.74) is 1.12. The maximum Gasteiger partial charge on any atom is 0.242 e. The first kappa shape index (κ1) is 12.2. The Morgan fingerprint density at radius 2 is 2.35 bits per heavy atom. The smallest absolute Gasteiger partial charge is 0.242 e. The normalized spacial score (nSPS) is 16.6. The lowest BCUT2D eigenvalue weighted by atomic mass is 10.1. The Bertz CT molecular complexity index is 497. The van der Waals surface area contributed by atoms with E-state index in [4.69, 9.17) is 0 Å². The van der Waals surface area contributed by atoms with Gasteiger partial charge in [-0.25, -0.2) is 13.1 Å².